The van der Waals surface area contributed by atoms with Crippen LogP contribution >= 0.6 is 23.4 Å². The Morgan fingerprint density at radius 1 is 1.21 bits per heavy atom. The minimum atomic E-state index is -0.213. The second kappa shape index (κ2) is 10.0. The van der Waals surface area contributed by atoms with Crippen molar-refractivity contribution < 1.29 is 4.79 Å². The second-order valence-corrected chi connectivity index (χ2v) is 7.58. The summed E-state index contributed by atoms with van der Waals surface area (Å²) in [6.45, 7) is 1.83. The van der Waals surface area contributed by atoms with E-state index in [0.717, 1.165) is 11.1 Å². The fourth-order valence-electron chi connectivity index (χ4n) is 2.45. The fraction of sp³-hybridized carbons (Fsp3) is 0.143. The average Bonchev–Trinajstić information content (AvgIpc) is 3.10. The number of halogens is 1. The maximum atomic E-state index is 12.1. The van der Waals surface area contributed by atoms with Crippen LogP contribution in [0.2, 0.25) is 5.02 Å². The Labute approximate surface area is 178 Å². The van der Waals surface area contributed by atoms with Crippen molar-refractivity contribution in [3.8, 4) is 11.4 Å². The molecule has 0 radical (unpaired) electrons. The lowest BCUT2D eigenvalue weighted by molar-refractivity contribution is -0.118. The molecule has 2 aromatic carbocycles. The molecule has 8 heteroatoms. The van der Waals surface area contributed by atoms with Crippen LogP contribution in [0.3, 0.4) is 0 Å². The summed E-state index contributed by atoms with van der Waals surface area (Å²) in [6.07, 6.45) is 3.79. The number of allylic oxidation sites excluding steroid dienone is 1. The van der Waals surface area contributed by atoms with Gasteiger partial charge in [-0.3, -0.25) is 4.79 Å². The first kappa shape index (κ1) is 20.8. The molecule has 1 heterocycles. The SMILES string of the molecule is CC(/C=C/c1ccccc1)=N\NC(=O)CSc1nnc(-c2cccc(Cl)c2)n1C. The van der Waals surface area contributed by atoms with Gasteiger partial charge in [0, 0.05) is 17.6 Å². The number of benzene rings is 2. The zero-order valence-electron chi connectivity index (χ0n) is 16.0. The summed E-state index contributed by atoms with van der Waals surface area (Å²) in [6, 6.07) is 17.3. The Bertz CT molecular complexity index is 1050. The maximum Gasteiger partial charge on any atom is 0.250 e. The molecule has 1 amide bonds. The van der Waals surface area contributed by atoms with Crippen LogP contribution in [0.5, 0.6) is 0 Å². The van der Waals surface area contributed by atoms with Crippen LogP contribution < -0.4 is 5.43 Å². The molecule has 0 aliphatic carbocycles. The molecule has 0 saturated heterocycles. The minimum Gasteiger partial charge on any atom is -0.305 e. The molecule has 0 aliphatic rings. The van der Waals surface area contributed by atoms with Gasteiger partial charge < -0.3 is 4.57 Å². The van der Waals surface area contributed by atoms with Crippen molar-refractivity contribution in [3.05, 3.63) is 71.3 Å². The highest BCUT2D eigenvalue weighted by molar-refractivity contribution is 7.99. The van der Waals surface area contributed by atoms with Crippen molar-refractivity contribution in [3.63, 3.8) is 0 Å². The number of aromatic nitrogens is 3. The van der Waals surface area contributed by atoms with Crippen molar-refractivity contribution in [2.24, 2.45) is 12.1 Å². The lowest BCUT2D eigenvalue weighted by Gasteiger charge is -2.04. The normalized spacial score (nSPS) is 11.8. The van der Waals surface area contributed by atoms with Gasteiger partial charge in [0.1, 0.15) is 0 Å². The number of hydrazone groups is 1. The lowest BCUT2D eigenvalue weighted by atomic mass is 10.2. The summed E-state index contributed by atoms with van der Waals surface area (Å²) < 4.78 is 1.83. The zero-order chi connectivity index (χ0) is 20.6. The summed E-state index contributed by atoms with van der Waals surface area (Å²) >= 11 is 7.34. The van der Waals surface area contributed by atoms with Crippen molar-refractivity contribution in [2.75, 3.05) is 5.75 Å². The van der Waals surface area contributed by atoms with Crippen LogP contribution in [0.1, 0.15) is 12.5 Å². The number of hydrogen-bond acceptors (Lipinski definition) is 5. The van der Waals surface area contributed by atoms with E-state index in [-0.39, 0.29) is 11.7 Å². The van der Waals surface area contributed by atoms with Crippen LogP contribution in [0.15, 0.2) is 70.9 Å². The molecule has 0 fully saturated rings. The van der Waals surface area contributed by atoms with Crippen LogP contribution in [0.4, 0.5) is 0 Å². The van der Waals surface area contributed by atoms with Crippen LogP contribution in [0.25, 0.3) is 17.5 Å². The molecule has 0 saturated carbocycles. The second-order valence-electron chi connectivity index (χ2n) is 6.20. The number of hydrogen-bond donors (Lipinski definition) is 1. The topological polar surface area (TPSA) is 72.2 Å². The standard InChI is InChI=1S/C21H20ClN5OS/c1-15(11-12-16-7-4-3-5-8-16)23-24-19(28)14-29-21-26-25-20(27(21)2)17-9-6-10-18(22)13-17/h3-13H,14H2,1-2H3,(H,24,28)/b12-11+,23-15+. The lowest BCUT2D eigenvalue weighted by Crippen LogP contribution is -2.20. The number of carbonyl (C=O) groups excluding carboxylic acids is 1. The number of amides is 1. The molecular weight excluding hydrogens is 406 g/mol. The Hall–Kier alpha value is -2.90. The smallest absolute Gasteiger partial charge is 0.250 e. The number of thioether (sulfide) groups is 1. The molecule has 1 aromatic heterocycles. The van der Waals surface area contributed by atoms with Gasteiger partial charge in [0.2, 0.25) is 0 Å². The molecule has 0 unspecified atom stereocenters. The first-order valence-electron chi connectivity index (χ1n) is 8.87. The summed E-state index contributed by atoms with van der Waals surface area (Å²) in [5.74, 6) is 0.658. The predicted octanol–water partition coefficient (Wildman–Crippen LogP) is 4.43. The number of nitrogens with one attached hydrogen (secondary N) is 1. The molecule has 148 valence electrons. The van der Waals surface area contributed by atoms with E-state index in [1.54, 1.807) is 6.07 Å². The Balaban J connectivity index is 1.54. The molecule has 0 atom stereocenters. The predicted molar refractivity (Wildman–Crippen MR) is 119 cm³/mol. The van der Waals surface area contributed by atoms with Gasteiger partial charge in [-0.25, -0.2) is 5.43 Å². The van der Waals surface area contributed by atoms with Gasteiger partial charge in [-0.15, -0.1) is 10.2 Å². The molecular formula is C21H20ClN5OS. The van der Waals surface area contributed by atoms with E-state index in [1.807, 2.05) is 79.2 Å². The van der Waals surface area contributed by atoms with Crippen molar-refractivity contribution in [2.45, 2.75) is 12.1 Å². The van der Waals surface area contributed by atoms with Gasteiger partial charge in [-0.2, -0.15) is 5.10 Å². The van der Waals surface area contributed by atoms with Crippen LogP contribution in [0, 0.1) is 0 Å². The van der Waals surface area contributed by atoms with Gasteiger partial charge >= 0.3 is 0 Å². The fourth-order valence-corrected chi connectivity index (χ4v) is 3.34. The molecule has 0 spiro atoms. The minimum absolute atomic E-state index is 0.181. The monoisotopic (exact) mass is 425 g/mol. The van der Waals surface area contributed by atoms with Gasteiger partial charge in [-0.05, 0) is 30.7 Å². The van der Waals surface area contributed by atoms with E-state index in [4.69, 9.17) is 11.6 Å². The van der Waals surface area contributed by atoms with Gasteiger partial charge in [0.25, 0.3) is 5.91 Å². The number of rotatable bonds is 7. The Kier molecular flexibility index (Phi) is 7.21. The summed E-state index contributed by atoms with van der Waals surface area (Å²) in [5, 5.41) is 13.7. The average molecular weight is 426 g/mol. The quantitative estimate of drug-likeness (QED) is 0.345. The van der Waals surface area contributed by atoms with E-state index in [9.17, 15) is 4.79 Å². The Morgan fingerprint density at radius 3 is 2.76 bits per heavy atom. The van der Waals surface area contributed by atoms with Gasteiger partial charge in [0.15, 0.2) is 11.0 Å². The van der Waals surface area contributed by atoms with E-state index in [0.29, 0.717) is 21.7 Å². The number of carbonyl (C=O) groups is 1. The molecule has 3 rings (SSSR count). The third-order valence-electron chi connectivity index (χ3n) is 3.92. The molecule has 0 bridgehead atoms. The van der Waals surface area contributed by atoms with E-state index in [1.165, 1.54) is 11.8 Å². The first-order chi connectivity index (χ1) is 14.0. The third kappa shape index (κ3) is 6.04. The van der Waals surface area contributed by atoms with Crippen LogP contribution in [-0.4, -0.2) is 32.1 Å². The summed E-state index contributed by atoms with van der Waals surface area (Å²) in [4.78, 5) is 12.1. The molecule has 1 N–H and O–H groups in total. The summed E-state index contributed by atoms with van der Waals surface area (Å²) in [5.41, 5.74) is 5.20. The first-order valence-corrected chi connectivity index (χ1v) is 10.2. The highest BCUT2D eigenvalue weighted by Gasteiger charge is 2.13. The zero-order valence-corrected chi connectivity index (χ0v) is 17.6. The largest absolute Gasteiger partial charge is 0.305 e. The third-order valence-corrected chi connectivity index (χ3v) is 5.18. The molecule has 29 heavy (non-hydrogen) atoms. The van der Waals surface area contributed by atoms with E-state index < -0.39 is 0 Å². The highest BCUT2D eigenvalue weighted by Crippen LogP contribution is 2.24. The molecule has 3 aromatic rings. The van der Waals surface area contributed by atoms with Gasteiger partial charge in [-0.1, -0.05) is 71.9 Å². The van der Waals surface area contributed by atoms with Crippen molar-refractivity contribution in [1.29, 1.82) is 0 Å². The van der Waals surface area contributed by atoms with Crippen molar-refractivity contribution in [1.82, 2.24) is 20.2 Å². The van der Waals surface area contributed by atoms with E-state index >= 15 is 0 Å². The molecule has 0 aliphatic heterocycles. The summed E-state index contributed by atoms with van der Waals surface area (Å²) in [7, 11) is 1.85. The van der Waals surface area contributed by atoms with E-state index in [2.05, 4.69) is 20.7 Å². The van der Waals surface area contributed by atoms with Gasteiger partial charge in [0.05, 0.1) is 11.5 Å². The van der Waals surface area contributed by atoms with Crippen LogP contribution in [-0.2, 0) is 11.8 Å². The maximum absolute atomic E-state index is 12.1. The molecule has 6 nitrogen and oxygen atoms in total. The number of nitrogens with zero attached hydrogens (tertiary/aromatic N) is 4. The van der Waals surface area contributed by atoms with Crippen molar-refractivity contribution >= 4 is 41.1 Å². The highest BCUT2D eigenvalue weighted by atomic mass is 35.5. The Morgan fingerprint density at radius 2 is 2.00 bits per heavy atom.